The molecule has 0 spiro atoms. The van der Waals surface area contributed by atoms with Gasteiger partial charge in [0.1, 0.15) is 5.82 Å². The van der Waals surface area contributed by atoms with Crippen molar-refractivity contribution >= 4 is 5.65 Å². The van der Waals surface area contributed by atoms with Gasteiger partial charge in [0.15, 0.2) is 5.65 Å². The molecule has 1 aromatic carbocycles. The van der Waals surface area contributed by atoms with Crippen LogP contribution in [-0.2, 0) is 0 Å². The van der Waals surface area contributed by atoms with Crippen molar-refractivity contribution in [3.63, 3.8) is 0 Å². The van der Waals surface area contributed by atoms with E-state index in [2.05, 4.69) is 21.1 Å². The first-order chi connectivity index (χ1) is 9.60. The van der Waals surface area contributed by atoms with Crippen molar-refractivity contribution < 1.29 is 0 Å². The molecule has 2 aromatic heterocycles. The molecule has 0 aliphatic rings. The summed E-state index contributed by atoms with van der Waals surface area (Å²) in [7, 11) is 0. The minimum atomic E-state index is -0.321. The van der Waals surface area contributed by atoms with Gasteiger partial charge in [0.25, 0.3) is 0 Å². The molecular formula is C14H11N5O. The molecular weight excluding hydrogens is 254 g/mol. The third-order valence-electron chi connectivity index (χ3n) is 3.07. The first-order valence-corrected chi connectivity index (χ1v) is 6.07. The summed E-state index contributed by atoms with van der Waals surface area (Å²) < 4.78 is 1.25. The maximum absolute atomic E-state index is 11.9. The van der Waals surface area contributed by atoms with Crippen molar-refractivity contribution in [1.82, 2.24) is 19.6 Å². The predicted octanol–water partition coefficient (Wildman–Crippen LogP) is 1.57. The number of aromatic amines is 1. The Morgan fingerprint density at radius 3 is 2.90 bits per heavy atom. The van der Waals surface area contributed by atoms with Gasteiger partial charge in [0, 0.05) is 5.56 Å². The molecule has 2 heterocycles. The number of rotatable bonds is 1. The first kappa shape index (κ1) is 12.1. The van der Waals surface area contributed by atoms with Gasteiger partial charge in [-0.2, -0.15) is 14.9 Å². The lowest BCUT2D eigenvalue weighted by Crippen LogP contribution is -2.19. The topological polar surface area (TPSA) is 86.8 Å². The van der Waals surface area contributed by atoms with Crippen LogP contribution in [0.15, 0.2) is 29.1 Å². The van der Waals surface area contributed by atoms with Crippen LogP contribution >= 0.6 is 0 Å². The Hall–Kier alpha value is -2.94. The molecule has 0 bridgehead atoms. The lowest BCUT2D eigenvalue weighted by molar-refractivity contribution is 0.810. The van der Waals surface area contributed by atoms with Crippen LogP contribution in [0.5, 0.6) is 0 Å². The van der Waals surface area contributed by atoms with Crippen molar-refractivity contribution in [1.29, 1.82) is 5.26 Å². The highest BCUT2D eigenvalue weighted by atomic mass is 16.1. The summed E-state index contributed by atoms with van der Waals surface area (Å²) in [6.07, 6.45) is 0. The Balaban J connectivity index is 2.39. The van der Waals surface area contributed by atoms with E-state index in [1.807, 2.05) is 13.0 Å². The summed E-state index contributed by atoms with van der Waals surface area (Å²) in [5, 5.41) is 13.2. The van der Waals surface area contributed by atoms with Gasteiger partial charge in [-0.3, -0.25) is 4.98 Å². The number of hydrogen-bond donors (Lipinski definition) is 1. The fraction of sp³-hybridized carbons (Fsp3) is 0.143. The quantitative estimate of drug-likeness (QED) is 0.723. The van der Waals surface area contributed by atoms with Crippen LogP contribution in [0.3, 0.4) is 0 Å². The largest absolute Gasteiger partial charge is 0.349 e. The van der Waals surface area contributed by atoms with Gasteiger partial charge in [-0.05, 0) is 31.5 Å². The maximum atomic E-state index is 11.9. The third-order valence-corrected chi connectivity index (χ3v) is 3.07. The SMILES string of the molecule is Cc1nc2c(-c3cccc(C#N)c3)c(C)nn2c(=O)[nH]1. The highest BCUT2D eigenvalue weighted by Gasteiger charge is 2.15. The molecule has 0 radical (unpaired) electrons. The molecule has 6 nitrogen and oxygen atoms in total. The molecule has 0 saturated heterocycles. The van der Waals surface area contributed by atoms with Gasteiger partial charge in [0.05, 0.1) is 17.3 Å². The zero-order valence-electron chi connectivity index (χ0n) is 11.0. The highest BCUT2D eigenvalue weighted by Crippen LogP contribution is 2.26. The summed E-state index contributed by atoms with van der Waals surface area (Å²) in [5.74, 6) is 0.528. The molecule has 20 heavy (non-hydrogen) atoms. The predicted molar refractivity (Wildman–Crippen MR) is 73.2 cm³/mol. The van der Waals surface area contributed by atoms with Crippen LogP contribution in [0, 0.1) is 25.2 Å². The van der Waals surface area contributed by atoms with Crippen molar-refractivity contribution in [3.05, 3.63) is 51.8 Å². The Morgan fingerprint density at radius 2 is 2.15 bits per heavy atom. The summed E-state index contributed by atoms with van der Waals surface area (Å²) in [6, 6.07) is 9.28. The number of nitrogens with one attached hydrogen (secondary N) is 1. The van der Waals surface area contributed by atoms with Gasteiger partial charge >= 0.3 is 5.69 Å². The van der Waals surface area contributed by atoms with E-state index in [9.17, 15) is 4.79 Å². The van der Waals surface area contributed by atoms with E-state index in [-0.39, 0.29) is 5.69 Å². The molecule has 0 saturated carbocycles. The summed E-state index contributed by atoms with van der Waals surface area (Å²) >= 11 is 0. The lowest BCUT2D eigenvalue weighted by atomic mass is 10.0. The number of fused-ring (bicyclic) bond motifs is 1. The van der Waals surface area contributed by atoms with E-state index < -0.39 is 0 Å². The lowest BCUT2D eigenvalue weighted by Gasteiger charge is -2.01. The van der Waals surface area contributed by atoms with E-state index in [1.165, 1.54) is 4.52 Å². The van der Waals surface area contributed by atoms with Crippen LogP contribution in [0.2, 0.25) is 0 Å². The van der Waals surface area contributed by atoms with Crippen molar-refractivity contribution in [2.75, 3.05) is 0 Å². The number of nitrogens with zero attached hydrogens (tertiary/aromatic N) is 4. The zero-order chi connectivity index (χ0) is 14.3. The number of H-pyrrole nitrogens is 1. The van der Waals surface area contributed by atoms with Crippen LogP contribution < -0.4 is 5.69 Å². The normalized spacial score (nSPS) is 10.7. The first-order valence-electron chi connectivity index (χ1n) is 6.07. The Labute approximate surface area is 114 Å². The van der Waals surface area contributed by atoms with Crippen LogP contribution in [0.4, 0.5) is 0 Å². The summed E-state index contributed by atoms with van der Waals surface area (Å²) in [6.45, 7) is 3.54. The van der Waals surface area contributed by atoms with Crippen molar-refractivity contribution in [2.45, 2.75) is 13.8 Å². The molecule has 0 amide bonds. The molecule has 6 heteroatoms. The second kappa shape index (κ2) is 4.31. The van der Waals surface area contributed by atoms with Crippen LogP contribution in [0.25, 0.3) is 16.8 Å². The number of hydrogen-bond acceptors (Lipinski definition) is 4. The minimum Gasteiger partial charge on any atom is -0.294 e. The fourth-order valence-corrected chi connectivity index (χ4v) is 2.24. The van der Waals surface area contributed by atoms with Crippen molar-refractivity contribution in [3.8, 4) is 17.2 Å². The average Bonchev–Trinajstić information content (AvgIpc) is 2.75. The van der Waals surface area contributed by atoms with Crippen LogP contribution in [0.1, 0.15) is 17.1 Å². The molecule has 3 rings (SSSR count). The van der Waals surface area contributed by atoms with E-state index in [0.717, 1.165) is 11.1 Å². The fourth-order valence-electron chi connectivity index (χ4n) is 2.24. The second-order valence-electron chi connectivity index (χ2n) is 4.52. The van der Waals surface area contributed by atoms with Gasteiger partial charge < -0.3 is 0 Å². The molecule has 0 unspecified atom stereocenters. The van der Waals surface area contributed by atoms with Crippen molar-refractivity contribution in [2.24, 2.45) is 0 Å². The number of aryl methyl sites for hydroxylation is 2. The number of nitriles is 1. The molecule has 98 valence electrons. The third kappa shape index (κ3) is 1.77. The second-order valence-corrected chi connectivity index (χ2v) is 4.52. The zero-order valence-corrected chi connectivity index (χ0v) is 11.0. The van der Waals surface area contributed by atoms with Gasteiger partial charge in [-0.25, -0.2) is 9.78 Å². The monoisotopic (exact) mass is 265 g/mol. The maximum Gasteiger partial charge on any atom is 0.349 e. The molecule has 0 aliphatic carbocycles. The van der Waals surface area contributed by atoms with E-state index in [4.69, 9.17) is 5.26 Å². The molecule has 0 fully saturated rings. The highest BCUT2D eigenvalue weighted by molar-refractivity contribution is 5.80. The van der Waals surface area contributed by atoms with Gasteiger partial charge in [-0.1, -0.05) is 12.1 Å². The standard InChI is InChI=1S/C14H11N5O/c1-8-12(11-5-3-4-10(6-11)7-15)13-16-9(2)17-14(20)19(13)18-8/h3-6H,1-2H3,(H,16,17,20). The average molecular weight is 265 g/mol. The summed E-state index contributed by atoms with van der Waals surface area (Å²) in [5.41, 5.74) is 3.04. The van der Waals surface area contributed by atoms with E-state index >= 15 is 0 Å². The molecule has 0 atom stereocenters. The van der Waals surface area contributed by atoms with Gasteiger partial charge in [-0.15, -0.1) is 0 Å². The van der Waals surface area contributed by atoms with Gasteiger partial charge in [0.2, 0.25) is 0 Å². The minimum absolute atomic E-state index is 0.321. The Kier molecular flexibility index (Phi) is 2.61. The smallest absolute Gasteiger partial charge is 0.294 e. The molecule has 1 N–H and O–H groups in total. The van der Waals surface area contributed by atoms with Crippen LogP contribution in [-0.4, -0.2) is 19.6 Å². The molecule has 0 aliphatic heterocycles. The molecule has 3 aromatic rings. The summed E-state index contributed by atoms with van der Waals surface area (Å²) in [4.78, 5) is 18.8. The number of benzene rings is 1. The Morgan fingerprint density at radius 1 is 1.35 bits per heavy atom. The number of aromatic nitrogens is 4. The Bertz CT molecular complexity index is 913. The van der Waals surface area contributed by atoms with E-state index in [1.54, 1.807) is 25.1 Å². The van der Waals surface area contributed by atoms with E-state index in [0.29, 0.717) is 22.7 Å².